The lowest BCUT2D eigenvalue weighted by Gasteiger charge is -2.13. The zero-order chi connectivity index (χ0) is 12.6. The number of aromatic nitrogens is 3. The van der Waals surface area contributed by atoms with Crippen LogP contribution >= 0.6 is 0 Å². The van der Waals surface area contributed by atoms with Crippen LogP contribution < -0.4 is 0 Å². The summed E-state index contributed by atoms with van der Waals surface area (Å²) in [5, 5.41) is 17.1. The van der Waals surface area contributed by atoms with E-state index in [0.717, 1.165) is 24.1 Å². The fourth-order valence-electron chi connectivity index (χ4n) is 2.32. The van der Waals surface area contributed by atoms with Crippen molar-refractivity contribution in [1.82, 2.24) is 15.0 Å². The first kappa shape index (κ1) is 11.0. The molecule has 1 fully saturated rings. The summed E-state index contributed by atoms with van der Waals surface area (Å²) in [6.45, 7) is 0. The van der Waals surface area contributed by atoms with Crippen LogP contribution in [0, 0.1) is 0 Å². The molecular weight excluding hydrogens is 230 g/mol. The van der Waals surface area contributed by atoms with Crippen LogP contribution in [0.2, 0.25) is 0 Å². The van der Waals surface area contributed by atoms with E-state index in [0.29, 0.717) is 0 Å². The van der Waals surface area contributed by atoms with Gasteiger partial charge in [0.25, 0.3) is 0 Å². The summed E-state index contributed by atoms with van der Waals surface area (Å²) in [6, 6.07) is 7.81. The third-order valence-electron chi connectivity index (χ3n) is 3.45. The van der Waals surface area contributed by atoms with Crippen LogP contribution in [0.3, 0.4) is 0 Å². The van der Waals surface area contributed by atoms with Crippen LogP contribution in [0.25, 0.3) is 5.69 Å². The second-order valence-electron chi connectivity index (χ2n) is 4.72. The highest BCUT2D eigenvalue weighted by Gasteiger charge is 2.46. The zero-order valence-electron chi connectivity index (χ0n) is 9.78. The van der Waals surface area contributed by atoms with Crippen molar-refractivity contribution in [3.8, 4) is 5.69 Å². The normalized spacial score (nSPS) is 16.4. The van der Waals surface area contributed by atoms with Crippen molar-refractivity contribution in [3.05, 3.63) is 42.2 Å². The predicted molar refractivity (Wildman–Crippen MR) is 64.5 cm³/mol. The first-order valence-electron chi connectivity index (χ1n) is 5.89. The molecule has 1 aromatic carbocycles. The largest absolute Gasteiger partial charge is 0.481 e. The minimum atomic E-state index is -0.741. The molecule has 0 spiro atoms. The molecule has 1 aromatic heterocycles. The van der Waals surface area contributed by atoms with Crippen molar-refractivity contribution in [2.45, 2.75) is 24.7 Å². The van der Waals surface area contributed by atoms with Gasteiger partial charge in [0.1, 0.15) is 0 Å². The Morgan fingerprint density at radius 3 is 2.67 bits per heavy atom. The SMILES string of the molecule is O=C(O)CC1(c2cccc(-n3nccn3)c2)CC1. The van der Waals surface area contributed by atoms with Crippen molar-refractivity contribution >= 4 is 5.97 Å². The minimum absolute atomic E-state index is 0.172. The van der Waals surface area contributed by atoms with E-state index in [9.17, 15) is 4.79 Å². The maximum absolute atomic E-state index is 10.9. The Morgan fingerprint density at radius 2 is 2.06 bits per heavy atom. The molecule has 1 N–H and O–H groups in total. The van der Waals surface area contributed by atoms with Crippen molar-refractivity contribution in [2.24, 2.45) is 0 Å². The Balaban J connectivity index is 1.95. The molecule has 3 rings (SSSR count). The Kier molecular flexibility index (Phi) is 2.40. The van der Waals surface area contributed by atoms with E-state index >= 15 is 0 Å². The third kappa shape index (κ3) is 1.88. The van der Waals surface area contributed by atoms with E-state index in [1.54, 1.807) is 17.2 Å². The number of rotatable bonds is 4. The molecule has 1 aliphatic rings. The third-order valence-corrected chi connectivity index (χ3v) is 3.45. The van der Waals surface area contributed by atoms with Gasteiger partial charge in [0.15, 0.2) is 0 Å². The molecule has 92 valence electrons. The van der Waals surface area contributed by atoms with E-state index in [4.69, 9.17) is 5.11 Å². The molecule has 0 bridgehead atoms. The van der Waals surface area contributed by atoms with Crippen molar-refractivity contribution in [3.63, 3.8) is 0 Å². The molecule has 0 unspecified atom stereocenters. The van der Waals surface area contributed by atoms with Gasteiger partial charge in [-0.05, 0) is 30.5 Å². The number of hydrogen-bond donors (Lipinski definition) is 1. The van der Waals surface area contributed by atoms with Gasteiger partial charge in [-0.2, -0.15) is 15.0 Å². The number of carboxylic acid groups (broad SMARTS) is 1. The highest BCUT2D eigenvalue weighted by Crippen LogP contribution is 2.51. The second kappa shape index (κ2) is 3.94. The molecule has 0 radical (unpaired) electrons. The van der Waals surface area contributed by atoms with E-state index in [1.807, 2.05) is 24.3 Å². The van der Waals surface area contributed by atoms with Gasteiger partial charge in [-0.15, -0.1) is 0 Å². The van der Waals surface area contributed by atoms with Crippen LogP contribution in [0.15, 0.2) is 36.7 Å². The van der Waals surface area contributed by atoms with Crippen LogP contribution in [-0.2, 0) is 10.2 Å². The molecule has 1 heterocycles. The molecule has 5 nitrogen and oxygen atoms in total. The lowest BCUT2D eigenvalue weighted by Crippen LogP contribution is -2.13. The Bertz CT molecular complexity index is 574. The summed E-state index contributed by atoms with van der Waals surface area (Å²) in [6.07, 6.45) is 5.32. The van der Waals surface area contributed by atoms with E-state index in [1.165, 1.54) is 0 Å². The average molecular weight is 243 g/mol. The van der Waals surface area contributed by atoms with Gasteiger partial charge < -0.3 is 5.11 Å². The van der Waals surface area contributed by atoms with Crippen LogP contribution in [-0.4, -0.2) is 26.1 Å². The van der Waals surface area contributed by atoms with E-state index in [2.05, 4.69) is 10.2 Å². The van der Waals surface area contributed by atoms with Crippen molar-refractivity contribution < 1.29 is 9.90 Å². The van der Waals surface area contributed by atoms with Crippen molar-refractivity contribution in [2.75, 3.05) is 0 Å². The number of carboxylic acids is 1. The molecule has 2 aromatic rings. The topological polar surface area (TPSA) is 68.0 Å². The van der Waals surface area contributed by atoms with Crippen LogP contribution in [0.4, 0.5) is 0 Å². The Hall–Kier alpha value is -2.17. The second-order valence-corrected chi connectivity index (χ2v) is 4.72. The molecule has 5 heteroatoms. The summed E-state index contributed by atoms with van der Waals surface area (Å²) in [5.41, 5.74) is 1.77. The fourth-order valence-corrected chi connectivity index (χ4v) is 2.32. The zero-order valence-corrected chi connectivity index (χ0v) is 9.78. The Morgan fingerprint density at radius 1 is 1.33 bits per heavy atom. The summed E-state index contributed by atoms with van der Waals surface area (Å²) in [5.74, 6) is -0.741. The summed E-state index contributed by atoms with van der Waals surface area (Å²) >= 11 is 0. The van der Waals surface area contributed by atoms with Gasteiger partial charge >= 0.3 is 5.97 Å². The first-order chi connectivity index (χ1) is 8.70. The lowest BCUT2D eigenvalue weighted by molar-refractivity contribution is -0.137. The van der Waals surface area contributed by atoms with Gasteiger partial charge in [-0.1, -0.05) is 12.1 Å². The molecule has 18 heavy (non-hydrogen) atoms. The molecule has 1 aliphatic carbocycles. The number of benzene rings is 1. The Labute approximate surface area is 104 Å². The molecule has 0 saturated heterocycles. The van der Waals surface area contributed by atoms with Gasteiger partial charge in [-0.25, -0.2) is 0 Å². The first-order valence-corrected chi connectivity index (χ1v) is 5.89. The number of carbonyl (C=O) groups is 1. The van der Waals surface area contributed by atoms with Gasteiger partial charge in [0, 0.05) is 5.41 Å². The standard InChI is InChI=1S/C13H13N3O2/c17-12(18)9-13(4-5-13)10-2-1-3-11(8-10)16-14-6-7-15-16/h1-3,6-8H,4-5,9H2,(H,17,18). The number of aliphatic carboxylic acids is 1. The smallest absolute Gasteiger partial charge is 0.304 e. The van der Waals surface area contributed by atoms with E-state index < -0.39 is 5.97 Å². The molecule has 0 atom stereocenters. The maximum atomic E-state index is 10.9. The monoisotopic (exact) mass is 243 g/mol. The maximum Gasteiger partial charge on any atom is 0.304 e. The highest BCUT2D eigenvalue weighted by molar-refractivity contribution is 5.70. The van der Waals surface area contributed by atoms with E-state index in [-0.39, 0.29) is 11.8 Å². The van der Waals surface area contributed by atoms with Crippen molar-refractivity contribution in [1.29, 1.82) is 0 Å². The summed E-state index contributed by atoms with van der Waals surface area (Å²) in [4.78, 5) is 12.5. The molecule has 1 saturated carbocycles. The highest BCUT2D eigenvalue weighted by atomic mass is 16.4. The van der Waals surface area contributed by atoms with Gasteiger partial charge in [0.05, 0.1) is 24.5 Å². The van der Waals surface area contributed by atoms with Gasteiger partial charge in [0.2, 0.25) is 0 Å². The number of hydrogen-bond acceptors (Lipinski definition) is 3. The predicted octanol–water partition coefficient (Wildman–Crippen LogP) is 1.77. The number of nitrogens with zero attached hydrogens (tertiary/aromatic N) is 3. The minimum Gasteiger partial charge on any atom is -0.481 e. The molecule has 0 amide bonds. The average Bonchev–Trinajstić information content (AvgIpc) is 2.93. The quantitative estimate of drug-likeness (QED) is 0.888. The lowest BCUT2D eigenvalue weighted by atomic mass is 9.92. The summed E-state index contributed by atoms with van der Waals surface area (Å²) in [7, 11) is 0. The van der Waals surface area contributed by atoms with Gasteiger partial charge in [-0.3, -0.25) is 4.79 Å². The van der Waals surface area contributed by atoms with Crippen LogP contribution in [0.5, 0.6) is 0 Å². The summed E-state index contributed by atoms with van der Waals surface area (Å²) < 4.78 is 0. The molecule has 0 aliphatic heterocycles. The molecular formula is C13H13N3O2. The fraction of sp³-hybridized carbons (Fsp3) is 0.308. The van der Waals surface area contributed by atoms with Crippen LogP contribution in [0.1, 0.15) is 24.8 Å².